The van der Waals surface area contributed by atoms with Crippen LogP contribution >= 0.6 is 0 Å². The van der Waals surface area contributed by atoms with E-state index in [2.05, 4.69) is 10.6 Å². The zero-order valence-electron chi connectivity index (χ0n) is 12.5. The van der Waals surface area contributed by atoms with Crippen LogP contribution in [0.2, 0.25) is 0 Å². The quantitative estimate of drug-likeness (QED) is 0.887. The number of para-hydroxylation sites is 1. The number of nitrogens with one attached hydrogen (secondary N) is 2. The highest BCUT2D eigenvalue weighted by molar-refractivity contribution is 6.00. The van der Waals surface area contributed by atoms with E-state index < -0.39 is 6.04 Å². The van der Waals surface area contributed by atoms with Crippen LogP contribution in [0.25, 0.3) is 11.0 Å². The molecule has 5 nitrogen and oxygen atoms in total. The number of carbonyl (C=O) groups is 2. The van der Waals surface area contributed by atoms with Gasteiger partial charge in [-0.3, -0.25) is 9.59 Å². The van der Waals surface area contributed by atoms with Crippen molar-refractivity contribution in [3.05, 3.63) is 35.6 Å². The SMILES string of the molecule is CCCNC(=O)[C@@H](C)NC(=O)c1oc2ccccc2c1C. The zero-order valence-corrected chi connectivity index (χ0v) is 12.5. The van der Waals surface area contributed by atoms with E-state index in [1.165, 1.54) is 0 Å². The summed E-state index contributed by atoms with van der Waals surface area (Å²) in [6.07, 6.45) is 0.856. The van der Waals surface area contributed by atoms with Gasteiger partial charge in [0.2, 0.25) is 5.91 Å². The third-order valence-corrected chi connectivity index (χ3v) is 3.34. The van der Waals surface area contributed by atoms with E-state index in [0.717, 1.165) is 17.4 Å². The number of hydrogen-bond donors (Lipinski definition) is 2. The van der Waals surface area contributed by atoms with Gasteiger partial charge in [-0.05, 0) is 26.3 Å². The van der Waals surface area contributed by atoms with E-state index in [1.54, 1.807) is 6.92 Å². The Bertz CT molecular complexity index is 661. The second kappa shape index (κ2) is 6.43. The second-order valence-corrected chi connectivity index (χ2v) is 5.04. The van der Waals surface area contributed by atoms with Crippen molar-refractivity contribution in [2.24, 2.45) is 0 Å². The fourth-order valence-corrected chi connectivity index (χ4v) is 2.12. The maximum atomic E-state index is 12.2. The number of hydrogen-bond acceptors (Lipinski definition) is 3. The minimum absolute atomic E-state index is 0.195. The monoisotopic (exact) mass is 288 g/mol. The van der Waals surface area contributed by atoms with E-state index in [9.17, 15) is 9.59 Å². The Hall–Kier alpha value is -2.30. The number of furan rings is 1. The molecule has 0 radical (unpaired) electrons. The molecule has 2 N–H and O–H groups in total. The molecule has 0 unspecified atom stereocenters. The van der Waals surface area contributed by atoms with Gasteiger partial charge in [-0.2, -0.15) is 0 Å². The van der Waals surface area contributed by atoms with Crippen molar-refractivity contribution in [3.8, 4) is 0 Å². The number of carbonyl (C=O) groups excluding carboxylic acids is 2. The molecule has 0 bridgehead atoms. The first kappa shape index (κ1) is 15.1. The Morgan fingerprint density at radius 1 is 1.29 bits per heavy atom. The average molecular weight is 288 g/mol. The highest BCUT2D eigenvalue weighted by atomic mass is 16.3. The molecule has 0 aliphatic heterocycles. The Morgan fingerprint density at radius 3 is 2.67 bits per heavy atom. The molecule has 2 aromatic rings. The van der Waals surface area contributed by atoms with Crippen molar-refractivity contribution in [1.29, 1.82) is 0 Å². The maximum absolute atomic E-state index is 12.2. The van der Waals surface area contributed by atoms with Crippen LogP contribution in [-0.4, -0.2) is 24.4 Å². The van der Waals surface area contributed by atoms with Crippen LogP contribution in [0.1, 0.15) is 36.4 Å². The van der Waals surface area contributed by atoms with E-state index in [4.69, 9.17) is 4.42 Å². The molecule has 5 heteroatoms. The molecule has 0 saturated heterocycles. The Morgan fingerprint density at radius 2 is 2.00 bits per heavy atom. The normalized spacial score (nSPS) is 12.1. The lowest BCUT2D eigenvalue weighted by molar-refractivity contribution is -0.122. The maximum Gasteiger partial charge on any atom is 0.287 e. The van der Waals surface area contributed by atoms with Crippen LogP contribution in [0.4, 0.5) is 0 Å². The summed E-state index contributed by atoms with van der Waals surface area (Å²) in [5, 5.41) is 6.32. The predicted octanol–water partition coefficient (Wildman–Crippen LogP) is 2.39. The van der Waals surface area contributed by atoms with Gasteiger partial charge in [0.1, 0.15) is 11.6 Å². The topological polar surface area (TPSA) is 71.3 Å². The summed E-state index contributed by atoms with van der Waals surface area (Å²) in [5.41, 5.74) is 1.45. The van der Waals surface area contributed by atoms with Crippen LogP contribution in [0.15, 0.2) is 28.7 Å². The molecule has 0 saturated carbocycles. The summed E-state index contributed by atoms with van der Waals surface area (Å²) < 4.78 is 5.58. The van der Waals surface area contributed by atoms with Crippen LogP contribution in [0.3, 0.4) is 0 Å². The van der Waals surface area contributed by atoms with Gasteiger partial charge in [0, 0.05) is 17.5 Å². The summed E-state index contributed by atoms with van der Waals surface area (Å²) >= 11 is 0. The number of aryl methyl sites for hydroxylation is 1. The Labute approximate surface area is 123 Å². The largest absolute Gasteiger partial charge is 0.451 e. The molecule has 2 rings (SSSR count). The first-order valence-corrected chi connectivity index (χ1v) is 7.11. The fourth-order valence-electron chi connectivity index (χ4n) is 2.12. The van der Waals surface area contributed by atoms with Crippen LogP contribution in [-0.2, 0) is 4.79 Å². The highest BCUT2D eigenvalue weighted by Crippen LogP contribution is 2.24. The average Bonchev–Trinajstić information content (AvgIpc) is 2.82. The number of rotatable bonds is 5. The molecule has 1 aromatic heterocycles. The lowest BCUT2D eigenvalue weighted by Crippen LogP contribution is -2.45. The van der Waals surface area contributed by atoms with Gasteiger partial charge in [-0.25, -0.2) is 0 Å². The Balaban J connectivity index is 2.12. The predicted molar refractivity (Wildman–Crippen MR) is 81.2 cm³/mol. The lowest BCUT2D eigenvalue weighted by Gasteiger charge is -2.13. The number of amides is 2. The number of benzene rings is 1. The second-order valence-electron chi connectivity index (χ2n) is 5.04. The van der Waals surface area contributed by atoms with Crippen molar-refractivity contribution >= 4 is 22.8 Å². The van der Waals surface area contributed by atoms with Gasteiger partial charge < -0.3 is 15.1 Å². The first-order valence-electron chi connectivity index (χ1n) is 7.11. The van der Waals surface area contributed by atoms with Gasteiger partial charge in [0.25, 0.3) is 5.91 Å². The van der Waals surface area contributed by atoms with E-state index >= 15 is 0 Å². The molecule has 21 heavy (non-hydrogen) atoms. The molecule has 0 aliphatic carbocycles. The van der Waals surface area contributed by atoms with Gasteiger partial charge in [0.05, 0.1) is 0 Å². The summed E-state index contributed by atoms with van der Waals surface area (Å²) in [4.78, 5) is 24.0. The smallest absolute Gasteiger partial charge is 0.287 e. The Kier molecular flexibility index (Phi) is 4.62. The van der Waals surface area contributed by atoms with Crippen LogP contribution < -0.4 is 10.6 Å². The van der Waals surface area contributed by atoms with Gasteiger partial charge in [-0.1, -0.05) is 25.1 Å². The van der Waals surface area contributed by atoms with Gasteiger partial charge >= 0.3 is 0 Å². The molecule has 0 spiro atoms. The van der Waals surface area contributed by atoms with E-state index in [1.807, 2.05) is 38.1 Å². The molecular formula is C16H20N2O3. The molecule has 1 aromatic carbocycles. The molecule has 1 atom stereocenters. The summed E-state index contributed by atoms with van der Waals surface area (Å²) in [6.45, 7) is 6.06. The van der Waals surface area contributed by atoms with Crippen molar-refractivity contribution in [2.45, 2.75) is 33.2 Å². The van der Waals surface area contributed by atoms with Crippen LogP contribution in [0.5, 0.6) is 0 Å². The van der Waals surface area contributed by atoms with Crippen molar-refractivity contribution in [3.63, 3.8) is 0 Å². The van der Waals surface area contributed by atoms with Crippen molar-refractivity contribution < 1.29 is 14.0 Å². The fraction of sp³-hybridized carbons (Fsp3) is 0.375. The molecule has 1 heterocycles. The first-order chi connectivity index (χ1) is 10.0. The minimum atomic E-state index is -0.600. The summed E-state index contributed by atoms with van der Waals surface area (Å²) in [6, 6.07) is 6.87. The van der Waals surface area contributed by atoms with Crippen molar-refractivity contribution in [2.75, 3.05) is 6.54 Å². The third kappa shape index (κ3) is 3.24. The molecule has 0 fully saturated rings. The van der Waals surface area contributed by atoms with Gasteiger partial charge in [-0.15, -0.1) is 0 Å². The standard InChI is InChI=1S/C16H20N2O3/c1-4-9-17-15(19)11(3)18-16(20)14-10(2)12-7-5-6-8-13(12)21-14/h5-8,11H,4,9H2,1-3H3,(H,17,19)(H,18,20)/t11-/m1/s1. The molecular weight excluding hydrogens is 268 g/mol. The summed E-state index contributed by atoms with van der Waals surface area (Å²) in [5.74, 6) is -0.312. The lowest BCUT2D eigenvalue weighted by atomic mass is 10.1. The molecule has 2 amide bonds. The van der Waals surface area contributed by atoms with E-state index in [0.29, 0.717) is 12.1 Å². The highest BCUT2D eigenvalue weighted by Gasteiger charge is 2.21. The minimum Gasteiger partial charge on any atom is -0.451 e. The third-order valence-electron chi connectivity index (χ3n) is 3.34. The van der Waals surface area contributed by atoms with Crippen LogP contribution in [0, 0.1) is 6.92 Å². The number of fused-ring (bicyclic) bond motifs is 1. The van der Waals surface area contributed by atoms with E-state index in [-0.39, 0.29) is 17.6 Å². The van der Waals surface area contributed by atoms with Gasteiger partial charge in [0.15, 0.2) is 5.76 Å². The molecule has 0 aliphatic rings. The summed E-state index contributed by atoms with van der Waals surface area (Å²) in [7, 11) is 0. The molecule has 112 valence electrons. The van der Waals surface area contributed by atoms with Crippen molar-refractivity contribution in [1.82, 2.24) is 10.6 Å². The zero-order chi connectivity index (χ0) is 15.4.